The van der Waals surface area contributed by atoms with Crippen molar-refractivity contribution in [2.24, 2.45) is 9.98 Å². The number of methoxy groups -OCH3 is 6. The fraction of sp³-hybridized carbons (Fsp3) is 0.491. The van der Waals surface area contributed by atoms with E-state index in [1.807, 2.05) is 55.5 Å². The number of nitro benzene ring substituents is 1. The topological polar surface area (TPSA) is 396 Å². The maximum Gasteiger partial charge on any atom is 0.340 e. The number of nitrogens with one attached hydrogen (secondary N) is 4. The molecule has 0 aliphatic carbocycles. The molecule has 0 aromatic heterocycles. The summed E-state index contributed by atoms with van der Waals surface area (Å²) in [5.41, 5.74) is 13.8. The number of aliphatic imine (C=N–C) groups is 2. The Kier molecular flexibility index (Phi) is 72.6. The number of nitrogens with zero attached hydrogens (tertiary/aromatic N) is 4. The number of carboxylic acids is 1. The lowest BCUT2D eigenvalue weighted by Crippen LogP contribution is -2.14. The summed E-state index contributed by atoms with van der Waals surface area (Å²) in [5.74, 6) is -2.21. The normalized spacial score (nSPS) is 10.2. The maximum atomic E-state index is 12.8. The predicted octanol–water partition coefficient (Wildman–Crippen LogP) is 26.9. The zero-order valence-electron chi connectivity index (χ0n) is 85.5. The number of ether oxygens (including phenoxy) is 8. The molecule has 29 nitrogen and oxygen atoms in total. The number of unbranched alkanes of at least 4 members (excludes halogenated alkanes) is 30. The van der Waals surface area contributed by atoms with Gasteiger partial charge in [0.2, 0.25) is 5.91 Å². The van der Waals surface area contributed by atoms with Gasteiger partial charge in [0.1, 0.15) is 11.5 Å². The van der Waals surface area contributed by atoms with Gasteiger partial charge >= 0.3 is 41.8 Å². The van der Waals surface area contributed by atoms with E-state index < -0.39 is 46.7 Å². The predicted molar refractivity (Wildman–Crippen MR) is 574 cm³/mol. The van der Waals surface area contributed by atoms with Gasteiger partial charge in [-0.05, 0) is 210 Å². The fourth-order valence-electron chi connectivity index (χ4n) is 14.4. The molecule has 0 unspecified atom stereocenters. The number of carbonyl (C=O) groups excluding carboxylic acids is 7. The number of anilines is 8. The zero-order chi connectivity index (χ0) is 103. The summed E-state index contributed by atoms with van der Waals surface area (Å²) in [7, 11) is 12.9. The second-order valence-corrected chi connectivity index (χ2v) is 33.8. The average molecular weight is 1990 g/mol. The van der Waals surface area contributed by atoms with Crippen molar-refractivity contribution in [2.45, 2.75) is 266 Å². The minimum absolute atomic E-state index is 0. The lowest BCUT2D eigenvalue weighted by molar-refractivity contribution is -0.384. The van der Waals surface area contributed by atoms with E-state index in [1.54, 1.807) is 103 Å². The molecule has 8 rings (SSSR count). The molecule has 0 aliphatic heterocycles. The Hall–Kier alpha value is -12.7. The van der Waals surface area contributed by atoms with E-state index in [4.69, 9.17) is 39.6 Å². The van der Waals surface area contributed by atoms with Crippen LogP contribution in [-0.4, -0.2) is 170 Å². The monoisotopic (exact) mass is 1990 g/mol. The number of nitrogens with two attached hydrogens (primary N) is 1. The standard InChI is InChI=1S/C43H60N2O6.C27H46O3.C16H14N2O6.C16H16N2O4.C8H17N3.CH4O.CH4.ClH/c1-4-5-6-7-8-9-10-11-12-13-14-15-16-17-18-19-32-51-38-28-20-34(21-29-38)22-31-41(46)45-37-27-30-40(39(33-37)43(48)50-3)44-36-25-23-35(24-26-36)42(47)49-2;1-2-3-4-5-6-7-8-9-10-11-12-13-14-15-16-17-24-30-26-21-18-25(19-22-26)20-23-27(28)29;1-23-15(19)10-3-5-11(6-4-10)17-14-8-7-12(18(21)22)9-13(14)16(20)24-2;1-21-15(19)10-3-6-12(7-4-10)18-14-8-5-11(17)9-13(14)16(20)22-2;1-4-9-8-10-6-5-7-11(2)3;1-2;;/h20-21,23-30,33,44H,4-19,22,31-32H2,1-3H3,(H,45,46);18-19,21-22H,2-17,20,23-24H2,1H3,(H,28,29);3-9,17H,1-2H3;3-9,18H,17H2,1-2H3;4-7H2,1-3H3;2H,1H3;1H4;1H. The van der Waals surface area contributed by atoms with Gasteiger partial charge in [0.25, 0.3) is 5.69 Å². The number of esters is 6. The highest BCUT2D eigenvalue weighted by atomic mass is 35.5. The van der Waals surface area contributed by atoms with Gasteiger partial charge < -0.3 is 80.0 Å². The first-order valence-corrected chi connectivity index (χ1v) is 49.5. The van der Waals surface area contributed by atoms with E-state index in [-0.39, 0.29) is 49.0 Å². The Labute approximate surface area is 850 Å². The average Bonchev–Trinajstić information content (AvgIpc) is 0.833. The summed E-state index contributed by atoms with van der Waals surface area (Å²) in [6.45, 7) is 10.7. The number of aliphatic carboxylic acids is 1. The molecule has 0 atom stereocenters. The third-order valence-electron chi connectivity index (χ3n) is 22.4. The number of non-ortho nitro benzene ring substituents is 1. The van der Waals surface area contributed by atoms with Crippen LogP contribution in [0.15, 0.2) is 186 Å². The van der Waals surface area contributed by atoms with E-state index >= 15 is 0 Å². The van der Waals surface area contributed by atoms with Crippen LogP contribution in [0.2, 0.25) is 0 Å². The van der Waals surface area contributed by atoms with E-state index in [0.717, 1.165) is 87.9 Å². The van der Waals surface area contributed by atoms with E-state index in [9.17, 15) is 48.5 Å². The molecular weight excluding hydrogens is 1830 g/mol. The number of rotatable bonds is 61. The van der Waals surface area contributed by atoms with Gasteiger partial charge in [-0.15, -0.1) is 12.4 Å². The quantitative estimate of drug-likeness (QED) is 0.00354. The first-order valence-electron chi connectivity index (χ1n) is 49.5. The maximum absolute atomic E-state index is 12.8. The van der Waals surface area contributed by atoms with Gasteiger partial charge in [-0.25, -0.2) is 38.8 Å². The summed E-state index contributed by atoms with van der Waals surface area (Å²) in [5, 5.41) is 38.7. The largest absolute Gasteiger partial charge is 0.494 e. The molecule has 782 valence electrons. The molecule has 0 radical (unpaired) electrons. The molecule has 0 fully saturated rings. The van der Waals surface area contributed by atoms with Crippen molar-refractivity contribution in [2.75, 3.05) is 124 Å². The van der Waals surface area contributed by atoms with E-state index in [2.05, 4.69) is 84.3 Å². The summed E-state index contributed by atoms with van der Waals surface area (Å²) in [4.78, 5) is 114. The van der Waals surface area contributed by atoms with Crippen LogP contribution in [-0.2, 0) is 50.9 Å². The highest BCUT2D eigenvalue weighted by molar-refractivity contribution is 6.01. The number of nitro groups is 1. The number of hydrogen-bond acceptors (Lipinski definition) is 26. The van der Waals surface area contributed by atoms with Crippen molar-refractivity contribution in [3.8, 4) is 11.5 Å². The molecule has 0 saturated carbocycles. The number of aryl methyl sites for hydroxylation is 2. The Bertz CT molecular complexity index is 4880. The number of halogens is 1. The minimum Gasteiger partial charge on any atom is -0.494 e. The first kappa shape index (κ1) is 127. The summed E-state index contributed by atoms with van der Waals surface area (Å²) >= 11 is 0. The lowest BCUT2D eigenvalue weighted by atomic mass is 10.0. The zero-order valence-corrected chi connectivity index (χ0v) is 86.3. The van der Waals surface area contributed by atoms with Crippen molar-refractivity contribution < 1.29 is 91.4 Å². The fourth-order valence-corrected chi connectivity index (χ4v) is 14.4. The second kappa shape index (κ2) is 80.9. The van der Waals surface area contributed by atoms with Crippen LogP contribution < -0.4 is 36.5 Å². The highest BCUT2D eigenvalue weighted by Crippen LogP contribution is 2.31. The van der Waals surface area contributed by atoms with Crippen molar-refractivity contribution in [1.82, 2.24) is 4.90 Å². The van der Waals surface area contributed by atoms with Crippen molar-refractivity contribution >= 4 is 117 Å². The van der Waals surface area contributed by atoms with Crippen LogP contribution in [0.3, 0.4) is 0 Å². The molecule has 8 aromatic rings. The van der Waals surface area contributed by atoms with Crippen molar-refractivity contribution in [3.05, 3.63) is 231 Å². The molecule has 0 heterocycles. The smallest absolute Gasteiger partial charge is 0.340 e. The number of aliphatic hydroxyl groups excluding tert-OH is 1. The number of hydrogen-bond donors (Lipinski definition) is 7. The molecular formula is C112H162ClN9O20. The Morgan fingerprint density at radius 3 is 1.02 bits per heavy atom. The molecule has 142 heavy (non-hydrogen) atoms. The Balaban J connectivity index is 0.000000949. The summed E-state index contributed by atoms with van der Waals surface area (Å²) in [6, 6.07) is 51.9. The summed E-state index contributed by atoms with van der Waals surface area (Å²) < 4.78 is 40.1. The van der Waals surface area contributed by atoms with Crippen molar-refractivity contribution in [3.63, 3.8) is 0 Å². The molecule has 0 saturated heterocycles. The third kappa shape index (κ3) is 57.3. The van der Waals surface area contributed by atoms with Gasteiger partial charge in [-0.2, -0.15) is 0 Å². The van der Waals surface area contributed by atoms with Gasteiger partial charge in [0, 0.05) is 67.1 Å². The lowest BCUT2D eigenvalue weighted by Gasteiger charge is -2.14. The SMILES string of the molecule is C.CCCCCCCCCCCCCCCCCCOc1ccc(CCC(=O)Nc2ccc(Nc3ccc(C(=O)OC)cc3)c(C(=O)OC)c2)cc1.CCCCCCCCCCCCCCCCCCOc1ccc(CCC(=O)O)cc1.CCN=C=NCCCN(C)C.CO.COC(=O)c1ccc(Nc2ccc(N)cc2C(=O)OC)cc1.COC(=O)c1ccc(Nc2ccc([N+](=O)[O-])cc2C(=O)OC)cc1.Cl. The Morgan fingerprint density at radius 2 is 0.697 bits per heavy atom. The van der Waals surface area contributed by atoms with Crippen LogP contribution in [0.1, 0.15) is 326 Å². The number of carbonyl (C=O) groups is 8. The van der Waals surface area contributed by atoms with Crippen LogP contribution in [0.4, 0.5) is 51.2 Å². The van der Waals surface area contributed by atoms with Crippen LogP contribution >= 0.6 is 12.4 Å². The molecule has 0 bridgehead atoms. The molecule has 30 heteroatoms. The molecule has 8 N–H and O–H groups in total. The molecule has 8 aromatic carbocycles. The number of nitrogen functional groups attached to an aromatic ring is 1. The number of amides is 1. The number of benzene rings is 8. The molecule has 1 amide bonds. The van der Waals surface area contributed by atoms with Crippen LogP contribution in [0.25, 0.3) is 0 Å². The van der Waals surface area contributed by atoms with Gasteiger partial charge in [0.05, 0.1) is 124 Å². The van der Waals surface area contributed by atoms with E-state index in [1.165, 1.54) is 253 Å². The molecule has 0 spiro atoms. The Morgan fingerprint density at radius 1 is 0.387 bits per heavy atom. The molecule has 0 aliphatic rings. The second-order valence-electron chi connectivity index (χ2n) is 33.8. The van der Waals surface area contributed by atoms with E-state index in [0.29, 0.717) is 87.0 Å². The number of carboxylic acid groups (broad SMARTS) is 1. The minimum atomic E-state index is -0.751. The van der Waals surface area contributed by atoms with Crippen molar-refractivity contribution in [1.29, 1.82) is 0 Å². The third-order valence-corrected chi connectivity index (χ3v) is 22.4. The highest BCUT2D eigenvalue weighted by Gasteiger charge is 2.21. The summed E-state index contributed by atoms with van der Waals surface area (Å²) in [6.07, 6.45) is 46.5. The number of aliphatic hydroxyl groups is 1. The van der Waals surface area contributed by atoms with Crippen LogP contribution in [0, 0.1) is 10.1 Å². The van der Waals surface area contributed by atoms with Gasteiger partial charge in [-0.3, -0.25) is 19.7 Å². The first-order chi connectivity index (χ1) is 67.9. The van der Waals surface area contributed by atoms with Gasteiger partial charge in [-0.1, -0.05) is 238 Å². The van der Waals surface area contributed by atoms with Gasteiger partial charge in [0.15, 0.2) is 0 Å². The van der Waals surface area contributed by atoms with Crippen LogP contribution in [0.5, 0.6) is 11.5 Å².